The molecule has 0 atom stereocenters. The van der Waals surface area contributed by atoms with E-state index < -0.39 is 0 Å². The Kier molecular flexibility index (Phi) is 4.50. The highest BCUT2D eigenvalue weighted by Crippen LogP contribution is 2.28. The van der Waals surface area contributed by atoms with Gasteiger partial charge >= 0.3 is 0 Å². The summed E-state index contributed by atoms with van der Waals surface area (Å²) in [5, 5.41) is 5.94. The molecule has 102 valence electrons. The van der Waals surface area contributed by atoms with Crippen molar-refractivity contribution >= 4 is 11.3 Å². The summed E-state index contributed by atoms with van der Waals surface area (Å²) in [4.78, 5) is 4.44. The molecule has 1 aromatic heterocycles. The molecular weight excluding hydrogens is 263 g/mol. The molecule has 0 saturated heterocycles. The van der Waals surface area contributed by atoms with Gasteiger partial charge in [0.05, 0.1) is 12.8 Å². The minimum atomic E-state index is -0.308. The number of hydrogen-bond acceptors (Lipinski definition) is 4. The van der Waals surface area contributed by atoms with Gasteiger partial charge in [-0.15, -0.1) is 11.3 Å². The molecule has 0 aliphatic rings. The van der Waals surface area contributed by atoms with Crippen molar-refractivity contribution in [2.45, 2.75) is 26.4 Å². The summed E-state index contributed by atoms with van der Waals surface area (Å²) < 4.78 is 18.9. The third kappa shape index (κ3) is 3.52. The summed E-state index contributed by atoms with van der Waals surface area (Å²) in [7, 11) is 1.52. The second-order valence-corrected chi connectivity index (χ2v) is 5.38. The average molecular weight is 280 g/mol. The van der Waals surface area contributed by atoms with Gasteiger partial charge in [0, 0.05) is 29.6 Å². The number of thiazole rings is 1. The SMILES string of the molecule is COc1ccc(-c2nc(CNC(C)C)cs2)c(F)c1. The van der Waals surface area contributed by atoms with E-state index in [-0.39, 0.29) is 5.82 Å². The predicted molar refractivity (Wildman–Crippen MR) is 76.0 cm³/mol. The van der Waals surface area contributed by atoms with Gasteiger partial charge in [-0.05, 0) is 12.1 Å². The van der Waals surface area contributed by atoms with Crippen LogP contribution in [-0.4, -0.2) is 18.1 Å². The lowest BCUT2D eigenvalue weighted by Gasteiger charge is -2.05. The summed E-state index contributed by atoms with van der Waals surface area (Å²) >= 11 is 1.45. The fraction of sp³-hybridized carbons (Fsp3) is 0.357. The summed E-state index contributed by atoms with van der Waals surface area (Å²) in [6.07, 6.45) is 0. The molecule has 5 heteroatoms. The molecule has 1 heterocycles. The Morgan fingerprint density at radius 1 is 1.42 bits per heavy atom. The van der Waals surface area contributed by atoms with E-state index in [0.717, 1.165) is 5.69 Å². The van der Waals surface area contributed by atoms with Gasteiger partial charge < -0.3 is 10.1 Å². The van der Waals surface area contributed by atoms with Gasteiger partial charge in [-0.3, -0.25) is 0 Å². The zero-order valence-electron chi connectivity index (χ0n) is 11.2. The number of benzene rings is 1. The lowest BCUT2D eigenvalue weighted by Crippen LogP contribution is -2.21. The summed E-state index contributed by atoms with van der Waals surface area (Å²) in [5.41, 5.74) is 1.45. The van der Waals surface area contributed by atoms with Crippen molar-refractivity contribution in [1.29, 1.82) is 0 Å². The number of nitrogens with one attached hydrogen (secondary N) is 1. The van der Waals surface area contributed by atoms with E-state index in [9.17, 15) is 4.39 Å². The third-order valence-corrected chi connectivity index (χ3v) is 3.57. The van der Waals surface area contributed by atoms with E-state index in [1.165, 1.54) is 24.5 Å². The second-order valence-electron chi connectivity index (χ2n) is 4.53. The van der Waals surface area contributed by atoms with Crippen LogP contribution < -0.4 is 10.1 Å². The maximum absolute atomic E-state index is 13.9. The van der Waals surface area contributed by atoms with Crippen LogP contribution in [-0.2, 0) is 6.54 Å². The van der Waals surface area contributed by atoms with Crippen molar-refractivity contribution in [2.24, 2.45) is 0 Å². The van der Waals surface area contributed by atoms with Crippen molar-refractivity contribution in [3.8, 4) is 16.3 Å². The van der Waals surface area contributed by atoms with Crippen LogP contribution in [0, 0.1) is 5.82 Å². The summed E-state index contributed by atoms with van der Waals surface area (Å²) in [5.74, 6) is 0.205. The molecule has 19 heavy (non-hydrogen) atoms. The van der Waals surface area contributed by atoms with Gasteiger partial charge in [-0.2, -0.15) is 0 Å². The minimum Gasteiger partial charge on any atom is -0.497 e. The lowest BCUT2D eigenvalue weighted by atomic mass is 10.2. The molecule has 1 N–H and O–H groups in total. The Bertz CT molecular complexity index is 554. The van der Waals surface area contributed by atoms with Gasteiger partial charge in [0.1, 0.15) is 16.6 Å². The van der Waals surface area contributed by atoms with E-state index in [1.54, 1.807) is 12.1 Å². The maximum Gasteiger partial charge on any atom is 0.137 e. The molecular formula is C14H17FN2OS. The number of nitrogens with zero attached hydrogens (tertiary/aromatic N) is 1. The van der Waals surface area contributed by atoms with E-state index in [1.807, 2.05) is 5.38 Å². The van der Waals surface area contributed by atoms with Crippen LogP contribution >= 0.6 is 11.3 Å². The fourth-order valence-electron chi connectivity index (χ4n) is 1.62. The van der Waals surface area contributed by atoms with Crippen LogP contribution in [0.1, 0.15) is 19.5 Å². The average Bonchev–Trinajstić information content (AvgIpc) is 2.84. The van der Waals surface area contributed by atoms with Crippen molar-refractivity contribution in [3.05, 3.63) is 35.1 Å². The van der Waals surface area contributed by atoms with Crippen molar-refractivity contribution in [3.63, 3.8) is 0 Å². The molecule has 0 radical (unpaired) electrons. The van der Waals surface area contributed by atoms with Crippen molar-refractivity contribution in [2.75, 3.05) is 7.11 Å². The molecule has 0 unspecified atom stereocenters. The molecule has 0 aliphatic heterocycles. The first-order valence-corrected chi connectivity index (χ1v) is 7.00. The molecule has 0 spiro atoms. The first-order chi connectivity index (χ1) is 9.10. The Balaban J connectivity index is 2.18. The Morgan fingerprint density at radius 3 is 2.84 bits per heavy atom. The number of halogens is 1. The first-order valence-electron chi connectivity index (χ1n) is 6.12. The maximum atomic E-state index is 13.9. The third-order valence-electron chi connectivity index (χ3n) is 2.65. The normalized spacial score (nSPS) is 11.0. The van der Waals surface area contributed by atoms with Crippen LogP contribution in [0.3, 0.4) is 0 Å². The Morgan fingerprint density at radius 2 is 2.21 bits per heavy atom. The largest absolute Gasteiger partial charge is 0.497 e. The highest BCUT2D eigenvalue weighted by atomic mass is 32.1. The number of rotatable bonds is 5. The standard InChI is InChI=1S/C14H17FN2OS/c1-9(2)16-7-10-8-19-14(17-10)12-5-4-11(18-3)6-13(12)15/h4-6,8-9,16H,7H2,1-3H3. The lowest BCUT2D eigenvalue weighted by molar-refractivity contribution is 0.411. The highest BCUT2D eigenvalue weighted by Gasteiger charge is 2.11. The molecule has 0 saturated carbocycles. The van der Waals surface area contributed by atoms with E-state index in [0.29, 0.717) is 28.9 Å². The number of aromatic nitrogens is 1. The second kappa shape index (κ2) is 6.12. The van der Waals surface area contributed by atoms with Crippen molar-refractivity contribution < 1.29 is 9.13 Å². The molecule has 0 bridgehead atoms. The topological polar surface area (TPSA) is 34.1 Å². The first kappa shape index (κ1) is 14.0. The molecule has 3 nitrogen and oxygen atoms in total. The van der Waals surface area contributed by atoms with Crippen molar-refractivity contribution in [1.82, 2.24) is 10.3 Å². The number of hydrogen-bond donors (Lipinski definition) is 1. The number of ether oxygens (including phenoxy) is 1. The molecule has 1 aromatic carbocycles. The van der Waals surface area contributed by atoms with Gasteiger partial charge in [-0.1, -0.05) is 13.8 Å². The molecule has 0 fully saturated rings. The number of methoxy groups -OCH3 is 1. The zero-order valence-corrected chi connectivity index (χ0v) is 12.1. The minimum absolute atomic E-state index is 0.308. The molecule has 0 aliphatic carbocycles. The van der Waals surface area contributed by atoms with E-state index in [2.05, 4.69) is 24.1 Å². The van der Waals surface area contributed by atoms with E-state index in [4.69, 9.17) is 4.74 Å². The Hall–Kier alpha value is -1.46. The zero-order chi connectivity index (χ0) is 13.8. The Labute approximate surface area is 116 Å². The van der Waals surface area contributed by atoms with Gasteiger partial charge in [0.15, 0.2) is 0 Å². The van der Waals surface area contributed by atoms with Crippen LogP contribution in [0.5, 0.6) is 5.75 Å². The van der Waals surface area contributed by atoms with Crippen LogP contribution in [0.25, 0.3) is 10.6 Å². The molecule has 2 rings (SSSR count). The quantitative estimate of drug-likeness (QED) is 0.910. The van der Waals surface area contributed by atoms with Gasteiger partial charge in [0.2, 0.25) is 0 Å². The van der Waals surface area contributed by atoms with Crippen LogP contribution in [0.15, 0.2) is 23.6 Å². The summed E-state index contributed by atoms with van der Waals surface area (Å²) in [6, 6.07) is 5.23. The van der Waals surface area contributed by atoms with Gasteiger partial charge in [-0.25, -0.2) is 9.37 Å². The highest BCUT2D eigenvalue weighted by molar-refractivity contribution is 7.13. The smallest absolute Gasteiger partial charge is 0.137 e. The molecule has 2 aromatic rings. The fourth-order valence-corrected chi connectivity index (χ4v) is 2.46. The van der Waals surface area contributed by atoms with Crippen LogP contribution in [0.4, 0.5) is 4.39 Å². The van der Waals surface area contributed by atoms with Crippen LogP contribution in [0.2, 0.25) is 0 Å². The monoisotopic (exact) mass is 280 g/mol. The van der Waals surface area contributed by atoms with E-state index >= 15 is 0 Å². The summed E-state index contributed by atoms with van der Waals surface area (Å²) in [6.45, 7) is 4.86. The molecule has 0 amide bonds. The predicted octanol–water partition coefficient (Wildman–Crippen LogP) is 3.46. The van der Waals surface area contributed by atoms with Gasteiger partial charge in [0.25, 0.3) is 0 Å².